The number of benzene rings is 3. The minimum Gasteiger partial charge on any atom is -0.354 e. The summed E-state index contributed by atoms with van der Waals surface area (Å²) in [5.74, 6) is -0.881. The quantitative estimate of drug-likeness (QED) is 0.288. The van der Waals surface area contributed by atoms with E-state index in [9.17, 15) is 18.0 Å². The van der Waals surface area contributed by atoms with Crippen LogP contribution in [0.5, 0.6) is 0 Å². The minimum absolute atomic E-state index is 0.0160. The first-order valence-electron chi connectivity index (χ1n) is 12.3. The fraction of sp³-hybridized carbons (Fsp3) is 0.286. The third-order valence-electron chi connectivity index (χ3n) is 5.99. The Kier molecular flexibility index (Phi) is 10.6. The van der Waals surface area contributed by atoms with Gasteiger partial charge >= 0.3 is 0 Å². The summed E-state index contributed by atoms with van der Waals surface area (Å²) in [5, 5.41) is 3.57. The molecule has 0 aromatic heterocycles. The Bertz CT molecular complexity index is 1340. The first kappa shape index (κ1) is 29.5. The predicted molar refractivity (Wildman–Crippen MR) is 152 cm³/mol. The molecule has 0 bridgehead atoms. The maximum Gasteiger partial charge on any atom is 0.264 e. The molecule has 0 fully saturated rings. The fourth-order valence-corrected chi connectivity index (χ4v) is 5.66. The van der Waals surface area contributed by atoms with Crippen molar-refractivity contribution in [1.29, 1.82) is 0 Å². The number of para-hydroxylation sites is 1. The van der Waals surface area contributed by atoms with Gasteiger partial charge in [-0.05, 0) is 55.3 Å². The van der Waals surface area contributed by atoms with Gasteiger partial charge in [0.1, 0.15) is 12.6 Å². The molecule has 0 heterocycles. The first-order chi connectivity index (χ1) is 18.1. The molecule has 0 aliphatic rings. The van der Waals surface area contributed by atoms with Gasteiger partial charge in [-0.1, -0.05) is 79.0 Å². The lowest BCUT2D eigenvalue weighted by molar-refractivity contribution is -0.139. The van der Waals surface area contributed by atoms with Crippen molar-refractivity contribution in [2.45, 2.75) is 44.2 Å². The maximum absolute atomic E-state index is 13.8. The van der Waals surface area contributed by atoms with E-state index in [4.69, 9.17) is 23.2 Å². The summed E-state index contributed by atoms with van der Waals surface area (Å²) in [6.45, 7) is 3.65. The van der Waals surface area contributed by atoms with E-state index in [0.717, 1.165) is 22.7 Å². The maximum atomic E-state index is 13.8. The lowest BCUT2D eigenvalue weighted by Crippen LogP contribution is -2.51. The molecule has 0 saturated carbocycles. The molecule has 0 aliphatic carbocycles. The number of amides is 2. The SMILES string of the molecule is CCCCNC(=O)[C@H](C)N(Cc1ccc(Cl)cc1)C(=O)CN(c1ccccc1Cl)S(=O)(=O)c1ccccc1. The van der Waals surface area contributed by atoms with Gasteiger partial charge in [0.05, 0.1) is 15.6 Å². The van der Waals surface area contributed by atoms with Gasteiger partial charge in [0.25, 0.3) is 10.0 Å². The van der Waals surface area contributed by atoms with Crippen LogP contribution in [0, 0.1) is 0 Å². The molecular weight excluding hydrogens is 545 g/mol. The zero-order valence-electron chi connectivity index (χ0n) is 21.3. The van der Waals surface area contributed by atoms with Gasteiger partial charge < -0.3 is 10.2 Å². The van der Waals surface area contributed by atoms with E-state index in [1.165, 1.54) is 17.0 Å². The third kappa shape index (κ3) is 7.49. The molecule has 3 rings (SSSR count). The van der Waals surface area contributed by atoms with Crippen molar-refractivity contribution in [1.82, 2.24) is 10.2 Å². The van der Waals surface area contributed by atoms with Crippen molar-refractivity contribution in [3.8, 4) is 0 Å². The molecule has 2 amide bonds. The second kappa shape index (κ2) is 13.6. The van der Waals surface area contributed by atoms with E-state index in [1.807, 2.05) is 6.92 Å². The highest BCUT2D eigenvalue weighted by Crippen LogP contribution is 2.30. The smallest absolute Gasteiger partial charge is 0.264 e. The van der Waals surface area contributed by atoms with Gasteiger partial charge in [-0.3, -0.25) is 13.9 Å². The average molecular weight is 577 g/mol. The standard InChI is InChI=1S/C28H31Cl2N3O4S/c1-3-4-18-31-28(35)21(2)32(19-22-14-16-23(29)17-15-22)27(34)20-33(26-13-9-8-12-25(26)30)38(36,37)24-10-6-5-7-11-24/h5-17,21H,3-4,18-20H2,1-2H3,(H,31,35)/t21-/m0/s1. The van der Waals surface area contributed by atoms with Crippen molar-refractivity contribution < 1.29 is 18.0 Å². The van der Waals surface area contributed by atoms with Crippen molar-refractivity contribution in [2.75, 3.05) is 17.4 Å². The molecule has 1 N–H and O–H groups in total. The van der Waals surface area contributed by atoms with Crippen molar-refractivity contribution in [3.05, 3.63) is 94.5 Å². The summed E-state index contributed by atoms with van der Waals surface area (Å²) in [6, 6.07) is 20.3. The molecule has 0 spiro atoms. The van der Waals surface area contributed by atoms with Crippen LogP contribution < -0.4 is 9.62 Å². The van der Waals surface area contributed by atoms with Gasteiger partial charge in [-0.25, -0.2) is 8.42 Å². The summed E-state index contributed by atoms with van der Waals surface area (Å²) < 4.78 is 28.4. The Morgan fingerprint density at radius 3 is 2.18 bits per heavy atom. The van der Waals surface area contributed by atoms with Crippen LogP contribution in [0.4, 0.5) is 5.69 Å². The summed E-state index contributed by atoms with van der Waals surface area (Å²) >= 11 is 12.4. The second-order valence-corrected chi connectivity index (χ2v) is 11.5. The lowest BCUT2D eigenvalue weighted by atomic mass is 10.1. The van der Waals surface area contributed by atoms with Crippen molar-refractivity contribution in [2.24, 2.45) is 0 Å². The fourth-order valence-electron chi connectivity index (χ4n) is 3.79. The normalized spacial score (nSPS) is 12.0. The molecule has 3 aromatic rings. The van der Waals surface area contributed by atoms with Crippen LogP contribution in [0.1, 0.15) is 32.3 Å². The Balaban J connectivity index is 1.99. The molecule has 38 heavy (non-hydrogen) atoms. The average Bonchev–Trinajstić information content (AvgIpc) is 2.92. The molecule has 7 nitrogen and oxygen atoms in total. The molecule has 1 atom stereocenters. The number of carbonyl (C=O) groups excluding carboxylic acids is 2. The summed E-state index contributed by atoms with van der Waals surface area (Å²) in [5.41, 5.74) is 0.907. The first-order valence-corrected chi connectivity index (χ1v) is 14.5. The Morgan fingerprint density at radius 1 is 0.921 bits per heavy atom. The summed E-state index contributed by atoms with van der Waals surface area (Å²) in [7, 11) is -4.16. The minimum atomic E-state index is -4.16. The number of hydrogen-bond acceptors (Lipinski definition) is 4. The summed E-state index contributed by atoms with van der Waals surface area (Å²) in [4.78, 5) is 28.2. The number of anilines is 1. The number of sulfonamides is 1. The molecule has 3 aromatic carbocycles. The third-order valence-corrected chi connectivity index (χ3v) is 8.34. The van der Waals surface area contributed by atoms with Crippen LogP contribution in [0.25, 0.3) is 0 Å². The van der Waals surface area contributed by atoms with E-state index in [2.05, 4.69) is 5.32 Å². The highest BCUT2D eigenvalue weighted by molar-refractivity contribution is 7.92. The highest BCUT2D eigenvalue weighted by atomic mass is 35.5. The van der Waals surface area contributed by atoms with Gasteiger partial charge in [0.15, 0.2) is 0 Å². The monoisotopic (exact) mass is 575 g/mol. The number of hydrogen-bond donors (Lipinski definition) is 1. The van der Waals surface area contributed by atoms with Crippen LogP contribution >= 0.6 is 23.2 Å². The van der Waals surface area contributed by atoms with Crippen molar-refractivity contribution in [3.63, 3.8) is 0 Å². The van der Waals surface area contributed by atoms with Crippen LogP contribution in [-0.2, 0) is 26.2 Å². The van der Waals surface area contributed by atoms with Gasteiger partial charge in [-0.15, -0.1) is 0 Å². The molecular formula is C28H31Cl2N3O4S. The number of carbonyl (C=O) groups is 2. The number of halogens is 2. The van der Waals surface area contributed by atoms with E-state index in [0.29, 0.717) is 11.6 Å². The van der Waals surface area contributed by atoms with E-state index < -0.39 is 28.5 Å². The Morgan fingerprint density at radius 2 is 1.55 bits per heavy atom. The molecule has 0 radical (unpaired) electrons. The number of unbranched alkanes of at least 4 members (excludes halogenated alkanes) is 1. The van der Waals surface area contributed by atoms with E-state index in [1.54, 1.807) is 73.7 Å². The highest BCUT2D eigenvalue weighted by Gasteiger charge is 2.33. The zero-order valence-corrected chi connectivity index (χ0v) is 23.6. The second-order valence-electron chi connectivity index (χ2n) is 8.74. The number of nitrogens with one attached hydrogen (secondary N) is 1. The van der Waals surface area contributed by atoms with Crippen LogP contribution in [0.2, 0.25) is 10.0 Å². The molecule has 0 saturated heterocycles. The molecule has 202 valence electrons. The van der Waals surface area contributed by atoms with Crippen LogP contribution in [0.15, 0.2) is 83.8 Å². The van der Waals surface area contributed by atoms with Gasteiger partial charge in [0.2, 0.25) is 11.8 Å². The number of nitrogens with zero attached hydrogens (tertiary/aromatic N) is 2. The van der Waals surface area contributed by atoms with E-state index in [-0.39, 0.29) is 28.1 Å². The largest absolute Gasteiger partial charge is 0.354 e. The van der Waals surface area contributed by atoms with Crippen LogP contribution in [-0.4, -0.2) is 44.3 Å². The topological polar surface area (TPSA) is 86.8 Å². The molecule has 0 unspecified atom stereocenters. The van der Waals surface area contributed by atoms with Crippen LogP contribution in [0.3, 0.4) is 0 Å². The Hall–Kier alpha value is -3.07. The van der Waals surface area contributed by atoms with Crippen molar-refractivity contribution >= 4 is 50.7 Å². The molecule has 10 heteroatoms. The molecule has 0 aliphatic heterocycles. The van der Waals surface area contributed by atoms with Gasteiger partial charge in [0, 0.05) is 18.1 Å². The summed E-state index contributed by atoms with van der Waals surface area (Å²) in [6.07, 6.45) is 1.71. The van der Waals surface area contributed by atoms with Gasteiger partial charge in [-0.2, -0.15) is 0 Å². The lowest BCUT2D eigenvalue weighted by Gasteiger charge is -2.32. The van der Waals surface area contributed by atoms with E-state index >= 15 is 0 Å². The Labute approximate surface area is 234 Å². The predicted octanol–water partition coefficient (Wildman–Crippen LogP) is 5.52. The zero-order chi connectivity index (χ0) is 27.7. The number of rotatable bonds is 12.